The molecule has 5 rings (SSSR count). The summed E-state index contributed by atoms with van der Waals surface area (Å²) >= 11 is 6.64. The van der Waals surface area contributed by atoms with Gasteiger partial charge in [0.05, 0.1) is 10.8 Å². The Morgan fingerprint density at radius 1 is 1.00 bits per heavy atom. The van der Waals surface area contributed by atoms with E-state index in [0.717, 1.165) is 23.9 Å². The van der Waals surface area contributed by atoms with E-state index in [1.54, 1.807) is 0 Å². The smallest absolute Gasteiger partial charge is 0.195 e. The minimum absolute atomic E-state index is 0.116. The fourth-order valence-electron chi connectivity index (χ4n) is 5.74. The minimum Gasteiger partial charge on any atom is -0.195 e. The maximum atomic E-state index is 6.64. The molecule has 0 saturated heterocycles. The summed E-state index contributed by atoms with van der Waals surface area (Å²) in [6.07, 6.45) is 11.2. The molecule has 0 bridgehead atoms. The van der Waals surface area contributed by atoms with Gasteiger partial charge >= 0.3 is 0 Å². The first-order chi connectivity index (χ1) is 15.1. The summed E-state index contributed by atoms with van der Waals surface area (Å²) < 4.78 is 2.56. The highest BCUT2D eigenvalue weighted by Gasteiger charge is 2.48. The van der Waals surface area contributed by atoms with Crippen molar-refractivity contribution in [3.63, 3.8) is 0 Å². The van der Waals surface area contributed by atoms with Crippen LogP contribution in [0.15, 0.2) is 72.8 Å². The maximum absolute atomic E-state index is 6.64. The number of allylic oxidation sites excluding steroid dienone is 2. The Hall–Kier alpha value is -2.38. The Bertz CT molecular complexity index is 1180. The summed E-state index contributed by atoms with van der Waals surface area (Å²) in [7, 11) is 0. The SMILES string of the molecule is CC[N+]1=C(C=CC2CCCC2)C(C)(Cc2ccccc2Cl)c2ccc3ccccc3c21. The molecular formula is C29H31ClN+. The van der Waals surface area contributed by atoms with Gasteiger partial charge in [0.15, 0.2) is 5.71 Å². The maximum Gasteiger partial charge on any atom is 0.217 e. The largest absolute Gasteiger partial charge is 0.217 e. The lowest BCUT2D eigenvalue weighted by Gasteiger charge is -2.23. The highest BCUT2D eigenvalue weighted by molar-refractivity contribution is 6.31. The molecule has 0 spiro atoms. The Labute approximate surface area is 191 Å². The van der Waals surface area contributed by atoms with Crippen molar-refractivity contribution in [1.82, 2.24) is 0 Å². The van der Waals surface area contributed by atoms with Gasteiger partial charge < -0.3 is 0 Å². The van der Waals surface area contributed by atoms with Gasteiger partial charge in [-0.2, -0.15) is 4.58 Å². The molecule has 1 atom stereocenters. The minimum atomic E-state index is -0.116. The molecule has 0 amide bonds. The average Bonchev–Trinajstić information content (AvgIpc) is 3.38. The van der Waals surface area contributed by atoms with E-state index in [1.165, 1.54) is 59.0 Å². The molecule has 1 aliphatic heterocycles. The molecule has 1 nitrogen and oxygen atoms in total. The van der Waals surface area contributed by atoms with Crippen LogP contribution in [-0.4, -0.2) is 16.8 Å². The Morgan fingerprint density at radius 2 is 1.74 bits per heavy atom. The van der Waals surface area contributed by atoms with Gasteiger partial charge in [-0.1, -0.05) is 79.0 Å². The molecule has 3 aromatic carbocycles. The van der Waals surface area contributed by atoms with Crippen LogP contribution in [0, 0.1) is 5.92 Å². The molecule has 1 saturated carbocycles. The third kappa shape index (κ3) is 3.53. The quantitative estimate of drug-likeness (QED) is 0.364. The standard InChI is InChI=1S/C29H31ClN/c1-3-31-27(19-16-21-10-4-5-11-21)29(2,20-23-13-7-9-15-26(23)30)25-18-17-22-12-6-8-14-24(22)28(25)31/h6-9,12-19,21H,3-5,10-11,20H2,1-2H3/q+1. The summed E-state index contributed by atoms with van der Waals surface area (Å²) in [4.78, 5) is 0. The van der Waals surface area contributed by atoms with Gasteiger partial charge in [0.2, 0.25) is 5.69 Å². The second-order valence-electron chi connectivity index (χ2n) is 9.32. The van der Waals surface area contributed by atoms with Crippen LogP contribution in [0.5, 0.6) is 0 Å². The van der Waals surface area contributed by atoms with Gasteiger partial charge in [-0.25, -0.2) is 0 Å². The van der Waals surface area contributed by atoms with Crippen molar-refractivity contribution >= 4 is 33.8 Å². The van der Waals surface area contributed by atoms with Crippen LogP contribution in [0.1, 0.15) is 50.7 Å². The molecular weight excluding hydrogens is 398 g/mol. The first-order valence-corrected chi connectivity index (χ1v) is 12.1. The average molecular weight is 429 g/mol. The topological polar surface area (TPSA) is 3.01 Å². The summed E-state index contributed by atoms with van der Waals surface area (Å²) in [6.45, 7) is 5.65. The van der Waals surface area contributed by atoms with E-state index < -0.39 is 0 Å². The van der Waals surface area contributed by atoms with Crippen molar-refractivity contribution in [2.24, 2.45) is 5.92 Å². The van der Waals surface area contributed by atoms with E-state index in [1.807, 2.05) is 12.1 Å². The van der Waals surface area contributed by atoms with Crippen molar-refractivity contribution in [1.29, 1.82) is 0 Å². The lowest BCUT2D eigenvalue weighted by molar-refractivity contribution is -0.431. The lowest BCUT2D eigenvalue weighted by Crippen LogP contribution is -2.33. The Kier molecular flexibility index (Phi) is 5.48. The Morgan fingerprint density at radius 3 is 2.52 bits per heavy atom. The molecule has 0 aromatic heterocycles. The third-order valence-electron chi connectivity index (χ3n) is 7.37. The Balaban J connectivity index is 1.71. The van der Waals surface area contributed by atoms with Crippen LogP contribution in [0.3, 0.4) is 0 Å². The van der Waals surface area contributed by atoms with Crippen molar-refractivity contribution in [3.05, 3.63) is 89.0 Å². The predicted octanol–water partition coefficient (Wildman–Crippen LogP) is 7.86. The number of rotatable bonds is 5. The van der Waals surface area contributed by atoms with E-state index in [9.17, 15) is 0 Å². The molecule has 0 radical (unpaired) electrons. The highest BCUT2D eigenvalue weighted by Crippen LogP contribution is 2.46. The van der Waals surface area contributed by atoms with E-state index in [2.05, 4.69) is 79.1 Å². The lowest BCUT2D eigenvalue weighted by atomic mass is 9.74. The number of nitrogens with zero attached hydrogens (tertiary/aromatic N) is 1. The van der Waals surface area contributed by atoms with Gasteiger partial charge in [-0.3, -0.25) is 0 Å². The van der Waals surface area contributed by atoms with E-state index in [0.29, 0.717) is 0 Å². The molecule has 1 aliphatic carbocycles. The first-order valence-electron chi connectivity index (χ1n) is 11.7. The molecule has 1 unspecified atom stereocenters. The van der Waals surface area contributed by atoms with Gasteiger partial charge in [0.25, 0.3) is 0 Å². The van der Waals surface area contributed by atoms with Crippen molar-refractivity contribution in [3.8, 4) is 0 Å². The molecule has 1 fully saturated rings. The fourth-order valence-corrected chi connectivity index (χ4v) is 5.94. The van der Waals surface area contributed by atoms with E-state index >= 15 is 0 Å². The van der Waals surface area contributed by atoms with Gasteiger partial charge in [-0.15, -0.1) is 0 Å². The normalized spacial score (nSPS) is 21.5. The number of benzene rings is 3. The fraction of sp³-hybridized carbons (Fsp3) is 0.345. The zero-order valence-electron chi connectivity index (χ0n) is 18.6. The number of halogens is 1. The number of hydrogen-bond donors (Lipinski definition) is 0. The third-order valence-corrected chi connectivity index (χ3v) is 7.73. The number of fused-ring (bicyclic) bond motifs is 3. The zero-order chi connectivity index (χ0) is 21.4. The molecule has 3 aromatic rings. The zero-order valence-corrected chi connectivity index (χ0v) is 19.3. The van der Waals surface area contributed by atoms with E-state index in [-0.39, 0.29) is 5.41 Å². The van der Waals surface area contributed by atoms with Crippen molar-refractivity contribution in [2.75, 3.05) is 6.54 Å². The summed E-state index contributed by atoms with van der Waals surface area (Å²) in [6, 6.07) is 21.8. The molecule has 2 heteroatoms. The van der Waals surface area contributed by atoms with Crippen LogP contribution in [0.25, 0.3) is 10.8 Å². The molecule has 0 N–H and O–H groups in total. The van der Waals surface area contributed by atoms with Crippen LogP contribution >= 0.6 is 11.6 Å². The van der Waals surface area contributed by atoms with Crippen LogP contribution in [-0.2, 0) is 11.8 Å². The van der Waals surface area contributed by atoms with Gasteiger partial charge in [-0.05, 0) is 62.1 Å². The number of hydrogen-bond acceptors (Lipinski definition) is 0. The predicted molar refractivity (Wildman–Crippen MR) is 133 cm³/mol. The first kappa shape index (κ1) is 20.5. The second-order valence-corrected chi connectivity index (χ2v) is 9.72. The molecule has 158 valence electrons. The van der Waals surface area contributed by atoms with Gasteiger partial charge in [0.1, 0.15) is 6.54 Å². The molecule has 2 aliphatic rings. The van der Waals surface area contributed by atoms with Crippen molar-refractivity contribution < 1.29 is 4.58 Å². The summed E-state index contributed by atoms with van der Waals surface area (Å²) in [5, 5.41) is 3.51. The monoisotopic (exact) mass is 428 g/mol. The van der Waals surface area contributed by atoms with Crippen LogP contribution in [0.2, 0.25) is 5.02 Å². The van der Waals surface area contributed by atoms with E-state index in [4.69, 9.17) is 11.6 Å². The molecule has 1 heterocycles. The summed E-state index contributed by atoms with van der Waals surface area (Å²) in [5.74, 6) is 0.719. The van der Waals surface area contributed by atoms with Crippen molar-refractivity contribution in [2.45, 2.75) is 51.4 Å². The van der Waals surface area contributed by atoms with Gasteiger partial charge in [0, 0.05) is 16.7 Å². The summed E-state index contributed by atoms with van der Waals surface area (Å²) in [5.41, 5.74) is 5.30. The second kappa shape index (κ2) is 8.28. The molecule has 31 heavy (non-hydrogen) atoms. The highest BCUT2D eigenvalue weighted by atomic mass is 35.5. The van der Waals surface area contributed by atoms with Crippen LogP contribution < -0.4 is 0 Å². The van der Waals surface area contributed by atoms with Crippen LogP contribution in [0.4, 0.5) is 5.69 Å².